The lowest BCUT2D eigenvalue weighted by molar-refractivity contribution is -0.126. The van der Waals surface area contributed by atoms with Crippen LogP contribution in [0.15, 0.2) is 42.6 Å². The molecule has 3 rings (SSSR count). The predicted molar refractivity (Wildman–Crippen MR) is 101 cm³/mol. The SMILES string of the molecule is COc1cccc(O[C@H]2CCN(C(=O)C=Cc3ccnn3C)CC[C@@H]2O)c1. The summed E-state index contributed by atoms with van der Waals surface area (Å²) in [7, 11) is 3.43. The molecule has 1 fully saturated rings. The summed E-state index contributed by atoms with van der Waals surface area (Å²) < 4.78 is 12.9. The number of carbonyl (C=O) groups excluding carboxylic acids is 1. The van der Waals surface area contributed by atoms with Crippen LogP contribution in [0, 0.1) is 0 Å². The van der Waals surface area contributed by atoms with Crippen molar-refractivity contribution in [2.45, 2.75) is 25.0 Å². The van der Waals surface area contributed by atoms with Gasteiger partial charge in [-0.05, 0) is 30.7 Å². The molecule has 1 saturated heterocycles. The Morgan fingerprint density at radius 1 is 1.26 bits per heavy atom. The van der Waals surface area contributed by atoms with Crippen molar-refractivity contribution >= 4 is 12.0 Å². The van der Waals surface area contributed by atoms with Gasteiger partial charge in [0.15, 0.2) is 0 Å². The van der Waals surface area contributed by atoms with E-state index >= 15 is 0 Å². The number of methoxy groups -OCH3 is 1. The maximum atomic E-state index is 12.5. The minimum Gasteiger partial charge on any atom is -0.497 e. The Hall–Kier alpha value is -2.80. The molecule has 1 aliphatic heterocycles. The van der Waals surface area contributed by atoms with Crippen LogP contribution in [-0.4, -0.2) is 58.1 Å². The number of ether oxygens (including phenoxy) is 2. The van der Waals surface area contributed by atoms with Crippen molar-refractivity contribution in [2.24, 2.45) is 7.05 Å². The standard InChI is InChI=1S/C20H25N3O4/c1-22-15(8-11-21-22)6-7-20(25)23-12-9-18(24)19(10-13-23)27-17-5-3-4-16(14-17)26-2/h3-8,11,14,18-19,24H,9-10,12-13H2,1-2H3/t18-,19-/m0/s1. The fraction of sp³-hybridized carbons (Fsp3) is 0.400. The van der Waals surface area contributed by atoms with Crippen LogP contribution in [0.4, 0.5) is 0 Å². The molecular weight excluding hydrogens is 346 g/mol. The predicted octanol–water partition coefficient (Wildman–Crippen LogP) is 1.87. The molecule has 2 heterocycles. The summed E-state index contributed by atoms with van der Waals surface area (Å²) in [5.74, 6) is 1.27. The zero-order chi connectivity index (χ0) is 19.2. The molecule has 2 atom stereocenters. The average molecular weight is 371 g/mol. The van der Waals surface area contributed by atoms with Gasteiger partial charge in [-0.3, -0.25) is 9.48 Å². The third-order valence-corrected chi connectivity index (χ3v) is 4.70. The van der Waals surface area contributed by atoms with Crippen molar-refractivity contribution in [3.8, 4) is 11.5 Å². The normalized spacial score (nSPS) is 20.5. The molecule has 0 saturated carbocycles. The van der Waals surface area contributed by atoms with Crippen LogP contribution < -0.4 is 9.47 Å². The van der Waals surface area contributed by atoms with E-state index < -0.39 is 6.10 Å². The lowest BCUT2D eigenvalue weighted by atomic mass is 10.1. The van der Waals surface area contributed by atoms with Gasteiger partial charge < -0.3 is 19.5 Å². The van der Waals surface area contributed by atoms with Gasteiger partial charge in [0.05, 0.1) is 18.9 Å². The first kappa shape index (κ1) is 19.0. The highest BCUT2D eigenvalue weighted by Gasteiger charge is 2.27. The topological polar surface area (TPSA) is 76.8 Å². The number of hydrogen-bond donors (Lipinski definition) is 1. The van der Waals surface area contributed by atoms with E-state index in [0.29, 0.717) is 37.4 Å². The highest BCUT2D eigenvalue weighted by Crippen LogP contribution is 2.23. The molecule has 0 spiro atoms. The Bertz CT molecular complexity index is 802. The first-order valence-electron chi connectivity index (χ1n) is 9.00. The highest BCUT2D eigenvalue weighted by molar-refractivity contribution is 5.91. The molecule has 144 valence electrons. The molecule has 1 amide bonds. The molecular formula is C20H25N3O4. The molecule has 0 unspecified atom stereocenters. The number of benzene rings is 1. The fourth-order valence-electron chi connectivity index (χ4n) is 3.08. The first-order valence-corrected chi connectivity index (χ1v) is 9.00. The molecule has 1 aromatic carbocycles. The van der Waals surface area contributed by atoms with E-state index in [1.807, 2.05) is 31.3 Å². The minimum absolute atomic E-state index is 0.0783. The van der Waals surface area contributed by atoms with E-state index in [1.165, 1.54) is 0 Å². The number of nitrogens with zero attached hydrogens (tertiary/aromatic N) is 3. The fourth-order valence-corrected chi connectivity index (χ4v) is 3.08. The number of aliphatic hydroxyl groups is 1. The average Bonchev–Trinajstić information content (AvgIpc) is 3.00. The summed E-state index contributed by atoms with van der Waals surface area (Å²) in [4.78, 5) is 14.2. The Balaban J connectivity index is 1.60. The van der Waals surface area contributed by atoms with E-state index in [-0.39, 0.29) is 12.0 Å². The number of aryl methyl sites for hydroxylation is 1. The first-order chi connectivity index (χ1) is 13.1. The quantitative estimate of drug-likeness (QED) is 0.812. The maximum absolute atomic E-state index is 12.5. The van der Waals surface area contributed by atoms with Crippen LogP contribution in [0.2, 0.25) is 0 Å². The second kappa shape index (κ2) is 8.73. The molecule has 2 aromatic rings. The van der Waals surface area contributed by atoms with E-state index in [0.717, 1.165) is 5.69 Å². The third-order valence-electron chi connectivity index (χ3n) is 4.70. The monoisotopic (exact) mass is 371 g/mol. The molecule has 27 heavy (non-hydrogen) atoms. The molecule has 1 aliphatic rings. The molecule has 1 N–H and O–H groups in total. The summed E-state index contributed by atoms with van der Waals surface area (Å²) in [5, 5.41) is 14.5. The van der Waals surface area contributed by atoms with Crippen LogP contribution in [-0.2, 0) is 11.8 Å². The van der Waals surface area contributed by atoms with Gasteiger partial charge in [0.1, 0.15) is 17.6 Å². The number of rotatable bonds is 5. The maximum Gasteiger partial charge on any atom is 0.246 e. The number of carbonyl (C=O) groups is 1. The van der Waals surface area contributed by atoms with Gasteiger partial charge in [-0.2, -0.15) is 5.10 Å². The van der Waals surface area contributed by atoms with Crippen molar-refractivity contribution in [3.05, 3.63) is 48.3 Å². The Morgan fingerprint density at radius 2 is 2.04 bits per heavy atom. The smallest absolute Gasteiger partial charge is 0.246 e. The molecule has 0 radical (unpaired) electrons. The van der Waals surface area contributed by atoms with E-state index in [4.69, 9.17) is 9.47 Å². The minimum atomic E-state index is -0.630. The van der Waals surface area contributed by atoms with Crippen LogP contribution in [0.25, 0.3) is 6.08 Å². The Labute approximate surface area is 158 Å². The van der Waals surface area contributed by atoms with Gasteiger partial charge in [-0.25, -0.2) is 0 Å². The number of aromatic nitrogens is 2. The summed E-state index contributed by atoms with van der Waals surface area (Å²) in [6.45, 7) is 1.02. The van der Waals surface area contributed by atoms with E-state index in [9.17, 15) is 9.90 Å². The van der Waals surface area contributed by atoms with Crippen LogP contribution in [0.5, 0.6) is 11.5 Å². The van der Waals surface area contributed by atoms with Crippen molar-refractivity contribution in [3.63, 3.8) is 0 Å². The summed E-state index contributed by atoms with van der Waals surface area (Å²) in [6.07, 6.45) is 5.02. The highest BCUT2D eigenvalue weighted by atomic mass is 16.5. The third kappa shape index (κ3) is 4.89. The van der Waals surface area contributed by atoms with E-state index in [1.54, 1.807) is 41.1 Å². The number of likely N-dealkylation sites (tertiary alicyclic amines) is 1. The van der Waals surface area contributed by atoms with E-state index in [2.05, 4.69) is 5.10 Å². The van der Waals surface area contributed by atoms with Crippen LogP contribution in [0.3, 0.4) is 0 Å². The number of amides is 1. The summed E-state index contributed by atoms with van der Waals surface area (Å²) in [6, 6.07) is 9.15. The van der Waals surface area contributed by atoms with Gasteiger partial charge in [0.25, 0.3) is 0 Å². The van der Waals surface area contributed by atoms with Gasteiger partial charge in [-0.1, -0.05) is 6.07 Å². The zero-order valence-corrected chi connectivity index (χ0v) is 15.6. The summed E-state index contributed by atoms with van der Waals surface area (Å²) >= 11 is 0. The Morgan fingerprint density at radius 3 is 2.78 bits per heavy atom. The Kier molecular flexibility index (Phi) is 6.13. The van der Waals surface area contributed by atoms with Crippen LogP contribution >= 0.6 is 0 Å². The van der Waals surface area contributed by atoms with Crippen molar-refractivity contribution in [2.75, 3.05) is 20.2 Å². The zero-order valence-electron chi connectivity index (χ0n) is 15.6. The summed E-state index contributed by atoms with van der Waals surface area (Å²) in [5.41, 5.74) is 0.859. The lowest BCUT2D eigenvalue weighted by Gasteiger charge is -2.22. The van der Waals surface area contributed by atoms with Gasteiger partial charge in [0.2, 0.25) is 5.91 Å². The molecule has 0 aliphatic carbocycles. The largest absolute Gasteiger partial charge is 0.497 e. The molecule has 7 heteroatoms. The van der Waals surface area contributed by atoms with Gasteiger partial charge in [0, 0.05) is 44.9 Å². The lowest BCUT2D eigenvalue weighted by Crippen LogP contribution is -2.31. The van der Waals surface area contributed by atoms with Crippen molar-refractivity contribution in [1.82, 2.24) is 14.7 Å². The van der Waals surface area contributed by atoms with Crippen molar-refractivity contribution in [1.29, 1.82) is 0 Å². The number of hydrogen-bond acceptors (Lipinski definition) is 5. The number of aliphatic hydroxyl groups excluding tert-OH is 1. The molecule has 7 nitrogen and oxygen atoms in total. The van der Waals surface area contributed by atoms with Gasteiger partial charge >= 0.3 is 0 Å². The van der Waals surface area contributed by atoms with Gasteiger partial charge in [-0.15, -0.1) is 0 Å². The van der Waals surface area contributed by atoms with Crippen LogP contribution in [0.1, 0.15) is 18.5 Å². The van der Waals surface area contributed by atoms with Crippen molar-refractivity contribution < 1.29 is 19.4 Å². The molecule has 1 aromatic heterocycles. The second-order valence-corrected chi connectivity index (χ2v) is 6.52. The molecule has 0 bridgehead atoms. The second-order valence-electron chi connectivity index (χ2n) is 6.52.